The van der Waals surface area contributed by atoms with Gasteiger partial charge in [-0.05, 0) is 6.92 Å². The minimum absolute atomic E-state index is 0. The van der Waals surface area contributed by atoms with Crippen LogP contribution in [-0.2, 0) is 9.53 Å². The van der Waals surface area contributed by atoms with Crippen molar-refractivity contribution in [3.63, 3.8) is 0 Å². The van der Waals surface area contributed by atoms with E-state index >= 15 is 0 Å². The van der Waals surface area contributed by atoms with E-state index in [2.05, 4.69) is 20.6 Å². The van der Waals surface area contributed by atoms with Crippen molar-refractivity contribution in [2.45, 2.75) is 19.4 Å². The Kier molecular flexibility index (Phi) is 7.23. The fourth-order valence-corrected chi connectivity index (χ4v) is 3.74. The molecule has 1 amide bonds. The second-order valence-electron chi connectivity index (χ2n) is 5.87. The molecule has 130 valence electrons. The fourth-order valence-electron chi connectivity index (χ4n) is 2.90. The van der Waals surface area contributed by atoms with Gasteiger partial charge in [-0.25, -0.2) is 4.98 Å². The lowest BCUT2D eigenvalue weighted by Crippen LogP contribution is -2.47. The lowest BCUT2D eigenvalue weighted by atomic mass is 10.2. The van der Waals surface area contributed by atoms with Gasteiger partial charge < -0.3 is 15.0 Å². The van der Waals surface area contributed by atoms with Crippen LogP contribution in [0.5, 0.6) is 0 Å². The van der Waals surface area contributed by atoms with Crippen molar-refractivity contribution in [2.24, 2.45) is 0 Å². The van der Waals surface area contributed by atoms with E-state index in [0.717, 1.165) is 56.5 Å². The van der Waals surface area contributed by atoms with E-state index in [-0.39, 0.29) is 24.4 Å². The summed E-state index contributed by atoms with van der Waals surface area (Å²) >= 11 is 1.66. The van der Waals surface area contributed by atoms with Crippen LogP contribution in [0.4, 0.5) is 0 Å². The first-order chi connectivity index (χ1) is 10.7. The van der Waals surface area contributed by atoms with Crippen molar-refractivity contribution < 1.29 is 9.53 Å². The first-order valence-electron chi connectivity index (χ1n) is 7.97. The number of halogens is 1. The molecule has 1 N–H and O–H groups in total. The molecule has 1 atom stereocenters. The Labute approximate surface area is 147 Å². The maximum atomic E-state index is 12.2. The molecule has 0 aliphatic carbocycles. The van der Waals surface area contributed by atoms with Gasteiger partial charge in [0.1, 0.15) is 11.1 Å². The van der Waals surface area contributed by atoms with Crippen LogP contribution in [0.3, 0.4) is 0 Å². The summed E-state index contributed by atoms with van der Waals surface area (Å²) in [4.78, 5) is 21.0. The van der Waals surface area contributed by atoms with Gasteiger partial charge in [-0.15, -0.1) is 23.7 Å². The largest absolute Gasteiger partial charge is 0.368 e. The molecule has 3 rings (SSSR count). The standard InChI is InChI=1S/C15H24N4O2S.ClH/c1-12-11-22-15(17-12)13-10-18(8-9-21-13)5-2-14(20)19-6-3-16-4-7-19;/h11,13,16H,2-10H2,1H3;1H. The minimum atomic E-state index is 0. The molecule has 1 aromatic rings. The Balaban J connectivity index is 0.00000192. The highest BCUT2D eigenvalue weighted by molar-refractivity contribution is 7.09. The summed E-state index contributed by atoms with van der Waals surface area (Å²) < 4.78 is 5.83. The van der Waals surface area contributed by atoms with E-state index in [1.54, 1.807) is 11.3 Å². The highest BCUT2D eigenvalue weighted by Gasteiger charge is 2.25. The van der Waals surface area contributed by atoms with Crippen molar-refractivity contribution in [1.82, 2.24) is 20.1 Å². The van der Waals surface area contributed by atoms with Crippen molar-refractivity contribution in [3.05, 3.63) is 16.1 Å². The van der Waals surface area contributed by atoms with Gasteiger partial charge in [0.05, 0.1) is 6.61 Å². The molecule has 0 aromatic carbocycles. The molecule has 0 radical (unpaired) electrons. The molecule has 2 saturated heterocycles. The lowest BCUT2D eigenvalue weighted by Gasteiger charge is -2.33. The summed E-state index contributed by atoms with van der Waals surface area (Å²) in [5.41, 5.74) is 1.05. The Morgan fingerprint density at radius 3 is 2.91 bits per heavy atom. The third kappa shape index (κ3) is 5.12. The number of nitrogens with one attached hydrogen (secondary N) is 1. The Morgan fingerprint density at radius 2 is 2.22 bits per heavy atom. The summed E-state index contributed by atoms with van der Waals surface area (Å²) in [7, 11) is 0. The molecule has 1 unspecified atom stereocenters. The molecule has 2 aliphatic rings. The van der Waals surface area contributed by atoms with Crippen molar-refractivity contribution in [1.29, 1.82) is 0 Å². The number of ether oxygens (including phenoxy) is 1. The molecule has 0 spiro atoms. The second-order valence-corrected chi connectivity index (χ2v) is 6.76. The van der Waals surface area contributed by atoms with Crippen LogP contribution in [0.25, 0.3) is 0 Å². The summed E-state index contributed by atoms with van der Waals surface area (Å²) in [5, 5.41) is 6.39. The van der Waals surface area contributed by atoms with Gasteiger partial charge in [0, 0.05) is 63.3 Å². The SMILES string of the molecule is Cc1csc(C2CN(CCC(=O)N3CCNCC3)CCO2)n1.Cl. The normalized spacial score (nSPS) is 22.7. The van der Waals surface area contributed by atoms with E-state index in [4.69, 9.17) is 4.74 Å². The lowest BCUT2D eigenvalue weighted by molar-refractivity contribution is -0.132. The van der Waals surface area contributed by atoms with E-state index < -0.39 is 0 Å². The average molecular weight is 361 g/mol. The number of nitrogens with zero attached hydrogens (tertiary/aromatic N) is 3. The minimum Gasteiger partial charge on any atom is -0.368 e. The smallest absolute Gasteiger partial charge is 0.223 e. The van der Waals surface area contributed by atoms with Crippen LogP contribution in [0.1, 0.15) is 23.2 Å². The van der Waals surface area contributed by atoms with Crippen LogP contribution in [0.15, 0.2) is 5.38 Å². The Bertz CT molecular complexity index is 507. The molecule has 8 heteroatoms. The summed E-state index contributed by atoms with van der Waals surface area (Å²) in [6.07, 6.45) is 0.658. The second kappa shape index (κ2) is 8.94. The zero-order valence-electron chi connectivity index (χ0n) is 13.5. The molecule has 6 nitrogen and oxygen atoms in total. The van der Waals surface area contributed by atoms with Gasteiger partial charge in [0.15, 0.2) is 0 Å². The molecule has 1 aromatic heterocycles. The van der Waals surface area contributed by atoms with Crippen LogP contribution in [0, 0.1) is 6.92 Å². The van der Waals surface area contributed by atoms with Gasteiger partial charge in [-0.2, -0.15) is 0 Å². The number of carbonyl (C=O) groups is 1. The van der Waals surface area contributed by atoms with Crippen LogP contribution < -0.4 is 5.32 Å². The monoisotopic (exact) mass is 360 g/mol. The predicted octanol–water partition coefficient (Wildman–Crippen LogP) is 1.07. The number of amides is 1. The molecule has 23 heavy (non-hydrogen) atoms. The van der Waals surface area contributed by atoms with Gasteiger partial charge >= 0.3 is 0 Å². The highest BCUT2D eigenvalue weighted by Crippen LogP contribution is 2.25. The zero-order chi connectivity index (χ0) is 15.4. The van der Waals surface area contributed by atoms with Crippen molar-refractivity contribution in [3.8, 4) is 0 Å². The molecule has 3 heterocycles. The van der Waals surface area contributed by atoms with Gasteiger partial charge in [0.2, 0.25) is 5.91 Å². The first kappa shape index (κ1) is 18.6. The summed E-state index contributed by atoms with van der Waals surface area (Å²) in [6, 6.07) is 0. The third-order valence-electron chi connectivity index (χ3n) is 4.17. The van der Waals surface area contributed by atoms with Crippen LogP contribution in [0.2, 0.25) is 0 Å². The zero-order valence-corrected chi connectivity index (χ0v) is 15.1. The average Bonchev–Trinajstić information content (AvgIpc) is 3.00. The number of aromatic nitrogens is 1. The Morgan fingerprint density at radius 1 is 1.43 bits per heavy atom. The maximum Gasteiger partial charge on any atom is 0.223 e. The Hall–Kier alpha value is -0.730. The molecular weight excluding hydrogens is 336 g/mol. The first-order valence-corrected chi connectivity index (χ1v) is 8.85. The number of morpholine rings is 1. The molecule has 2 fully saturated rings. The number of thiazole rings is 1. The molecule has 2 aliphatic heterocycles. The third-order valence-corrected chi connectivity index (χ3v) is 5.23. The van der Waals surface area contributed by atoms with Crippen LogP contribution in [-0.4, -0.2) is 73.1 Å². The van der Waals surface area contributed by atoms with E-state index in [1.807, 2.05) is 11.8 Å². The number of piperazine rings is 1. The summed E-state index contributed by atoms with van der Waals surface area (Å²) in [5.74, 6) is 0.273. The molecule has 0 saturated carbocycles. The number of aryl methyl sites for hydroxylation is 1. The number of carbonyl (C=O) groups excluding carboxylic acids is 1. The van der Waals surface area contributed by atoms with Crippen molar-refractivity contribution in [2.75, 3.05) is 52.4 Å². The van der Waals surface area contributed by atoms with Gasteiger partial charge in [-0.1, -0.05) is 0 Å². The van der Waals surface area contributed by atoms with Gasteiger partial charge in [-0.3, -0.25) is 9.69 Å². The molecular formula is C15H25ClN4O2S. The van der Waals surface area contributed by atoms with Crippen molar-refractivity contribution >= 4 is 29.7 Å². The highest BCUT2D eigenvalue weighted by atomic mass is 35.5. The fraction of sp³-hybridized carbons (Fsp3) is 0.733. The van der Waals surface area contributed by atoms with E-state index in [0.29, 0.717) is 13.0 Å². The number of rotatable bonds is 4. The van der Waals surface area contributed by atoms with Crippen LogP contribution >= 0.6 is 23.7 Å². The predicted molar refractivity (Wildman–Crippen MR) is 93.3 cm³/mol. The molecule has 0 bridgehead atoms. The topological polar surface area (TPSA) is 57.7 Å². The van der Waals surface area contributed by atoms with E-state index in [9.17, 15) is 4.79 Å². The summed E-state index contributed by atoms with van der Waals surface area (Å²) in [6.45, 7) is 8.76. The maximum absolute atomic E-state index is 12.2. The van der Waals surface area contributed by atoms with Gasteiger partial charge in [0.25, 0.3) is 0 Å². The quantitative estimate of drug-likeness (QED) is 0.870. The number of hydrogen-bond donors (Lipinski definition) is 1. The number of hydrogen-bond acceptors (Lipinski definition) is 6. The van der Waals surface area contributed by atoms with E-state index in [1.165, 1.54) is 0 Å².